The number of pyridine rings is 1. The molecule has 1 heterocycles. The molecule has 1 atom stereocenters. The first-order valence-corrected chi connectivity index (χ1v) is 5.00. The third kappa shape index (κ3) is 5.35. The van der Waals surface area contributed by atoms with Crippen molar-refractivity contribution >= 4 is 36.4 Å². The van der Waals surface area contributed by atoms with E-state index in [1.807, 2.05) is 26.8 Å². The second kappa shape index (κ2) is 8.28. The molecule has 3 N–H and O–H groups in total. The molecule has 6 heteroatoms. The molecule has 0 saturated carbocycles. The highest BCUT2D eigenvalue weighted by atomic mass is 35.5. The Morgan fingerprint density at radius 2 is 2.00 bits per heavy atom. The van der Waals surface area contributed by atoms with Crippen LogP contribution < -0.4 is 11.1 Å². The summed E-state index contributed by atoms with van der Waals surface area (Å²) < 4.78 is 0. The molecule has 1 unspecified atom stereocenters. The molecule has 98 valence electrons. The maximum Gasteiger partial charge on any atom is 0.241 e. The number of rotatable bonds is 3. The number of amides is 1. The van der Waals surface area contributed by atoms with Crippen LogP contribution in [-0.2, 0) is 4.79 Å². The summed E-state index contributed by atoms with van der Waals surface area (Å²) >= 11 is 0. The van der Waals surface area contributed by atoms with Gasteiger partial charge in [0.05, 0.1) is 17.4 Å². The van der Waals surface area contributed by atoms with Crippen molar-refractivity contribution in [1.82, 2.24) is 4.98 Å². The van der Waals surface area contributed by atoms with Crippen molar-refractivity contribution in [2.75, 3.05) is 5.32 Å². The molecular formula is C11H19Cl2N3O. The first kappa shape index (κ1) is 18.5. The van der Waals surface area contributed by atoms with Gasteiger partial charge in [0.2, 0.25) is 5.91 Å². The number of halogens is 2. The van der Waals surface area contributed by atoms with Gasteiger partial charge >= 0.3 is 0 Å². The maximum absolute atomic E-state index is 11.6. The van der Waals surface area contributed by atoms with Gasteiger partial charge in [-0.15, -0.1) is 24.8 Å². The summed E-state index contributed by atoms with van der Waals surface area (Å²) in [5.41, 5.74) is 7.24. The molecule has 0 radical (unpaired) electrons. The monoisotopic (exact) mass is 279 g/mol. The van der Waals surface area contributed by atoms with Gasteiger partial charge in [-0.2, -0.15) is 0 Å². The van der Waals surface area contributed by atoms with E-state index in [4.69, 9.17) is 5.73 Å². The molecule has 1 amide bonds. The molecule has 0 saturated heterocycles. The lowest BCUT2D eigenvalue weighted by atomic mass is 10.0. The van der Waals surface area contributed by atoms with E-state index >= 15 is 0 Å². The molecule has 1 aromatic heterocycles. The average Bonchev–Trinajstić information content (AvgIpc) is 2.20. The predicted molar refractivity (Wildman–Crippen MR) is 74.9 cm³/mol. The highest BCUT2D eigenvalue weighted by Crippen LogP contribution is 2.11. The summed E-state index contributed by atoms with van der Waals surface area (Å²) in [6.45, 7) is 5.68. The molecule has 4 nitrogen and oxygen atoms in total. The Morgan fingerprint density at radius 3 is 2.47 bits per heavy atom. The summed E-state index contributed by atoms with van der Waals surface area (Å²) in [5.74, 6) is -0.0388. The van der Waals surface area contributed by atoms with Crippen LogP contribution in [0.25, 0.3) is 0 Å². The Bertz CT molecular complexity index is 358. The van der Waals surface area contributed by atoms with E-state index in [1.165, 1.54) is 0 Å². The number of nitrogens with two attached hydrogens (primary N) is 1. The van der Waals surface area contributed by atoms with Gasteiger partial charge < -0.3 is 11.1 Å². The largest absolute Gasteiger partial charge is 0.323 e. The number of hydrogen-bond acceptors (Lipinski definition) is 3. The predicted octanol–water partition coefficient (Wildman–Crippen LogP) is 2.16. The second-order valence-corrected chi connectivity index (χ2v) is 3.90. The second-order valence-electron chi connectivity index (χ2n) is 3.90. The Morgan fingerprint density at radius 1 is 1.41 bits per heavy atom. The Kier molecular flexibility index (Phi) is 9.02. The number of aryl methyl sites for hydroxylation is 1. The highest BCUT2D eigenvalue weighted by Gasteiger charge is 2.17. The van der Waals surface area contributed by atoms with Crippen LogP contribution in [0, 0.1) is 12.8 Å². The van der Waals surface area contributed by atoms with E-state index < -0.39 is 6.04 Å². The van der Waals surface area contributed by atoms with Crippen molar-refractivity contribution in [1.29, 1.82) is 0 Å². The van der Waals surface area contributed by atoms with Crippen molar-refractivity contribution in [2.24, 2.45) is 11.7 Å². The SMILES string of the molecule is Cc1ncccc1NC(=O)C(N)C(C)C.Cl.Cl. The number of nitrogens with zero attached hydrogens (tertiary/aromatic N) is 1. The normalized spacial score (nSPS) is 11.1. The maximum atomic E-state index is 11.6. The number of anilines is 1. The Labute approximate surface area is 114 Å². The summed E-state index contributed by atoms with van der Waals surface area (Å²) in [5, 5.41) is 2.76. The molecule has 0 aliphatic rings. The molecule has 0 bridgehead atoms. The lowest BCUT2D eigenvalue weighted by molar-refractivity contribution is -0.118. The van der Waals surface area contributed by atoms with Gasteiger partial charge in [-0.05, 0) is 25.0 Å². The van der Waals surface area contributed by atoms with Gasteiger partial charge in [0.25, 0.3) is 0 Å². The zero-order chi connectivity index (χ0) is 11.4. The van der Waals surface area contributed by atoms with Gasteiger partial charge in [0.15, 0.2) is 0 Å². The minimum Gasteiger partial charge on any atom is -0.323 e. The van der Waals surface area contributed by atoms with Crippen molar-refractivity contribution in [3.63, 3.8) is 0 Å². The molecule has 0 spiro atoms. The van der Waals surface area contributed by atoms with Crippen molar-refractivity contribution in [3.8, 4) is 0 Å². The number of hydrogen-bond donors (Lipinski definition) is 2. The third-order valence-electron chi connectivity index (χ3n) is 2.29. The van der Waals surface area contributed by atoms with Gasteiger partial charge in [0, 0.05) is 6.20 Å². The number of carbonyl (C=O) groups excluding carboxylic acids is 1. The van der Waals surface area contributed by atoms with E-state index in [2.05, 4.69) is 10.3 Å². The zero-order valence-electron chi connectivity index (χ0n) is 10.1. The van der Waals surface area contributed by atoms with Crippen LogP contribution in [0.15, 0.2) is 18.3 Å². The summed E-state index contributed by atoms with van der Waals surface area (Å²) in [7, 11) is 0. The fourth-order valence-corrected chi connectivity index (χ4v) is 1.14. The standard InChI is InChI=1S/C11H17N3O.2ClH/c1-7(2)10(12)11(15)14-9-5-4-6-13-8(9)3;;/h4-7,10H,12H2,1-3H3,(H,14,15);2*1H. The molecule has 0 aliphatic carbocycles. The summed E-state index contributed by atoms with van der Waals surface area (Å²) in [4.78, 5) is 15.7. The van der Waals surface area contributed by atoms with Crippen LogP contribution in [0.3, 0.4) is 0 Å². The molecular weight excluding hydrogens is 261 g/mol. The number of carbonyl (C=O) groups is 1. The van der Waals surface area contributed by atoms with Crippen molar-refractivity contribution in [2.45, 2.75) is 26.8 Å². The summed E-state index contributed by atoms with van der Waals surface area (Å²) in [6, 6.07) is 3.11. The van der Waals surface area contributed by atoms with Crippen LogP contribution in [0.4, 0.5) is 5.69 Å². The quantitative estimate of drug-likeness (QED) is 0.891. The van der Waals surface area contributed by atoms with Gasteiger partial charge in [-0.25, -0.2) is 0 Å². The molecule has 0 aromatic carbocycles. The highest BCUT2D eigenvalue weighted by molar-refractivity contribution is 5.95. The Balaban J connectivity index is 0. The minimum atomic E-state index is -0.482. The molecule has 1 rings (SSSR count). The fourth-order valence-electron chi connectivity index (χ4n) is 1.14. The van der Waals surface area contributed by atoms with E-state index in [-0.39, 0.29) is 36.6 Å². The van der Waals surface area contributed by atoms with Crippen molar-refractivity contribution in [3.05, 3.63) is 24.0 Å². The third-order valence-corrected chi connectivity index (χ3v) is 2.29. The fraction of sp³-hybridized carbons (Fsp3) is 0.455. The number of aromatic nitrogens is 1. The zero-order valence-corrected chi connectivity index (χ0v) is 11.8. The first-order valence-electron chi connectivity index (χ1n) is 5.00. The van der Waals surface area contributed by atoms with Gasteiger partial charge in [-0.3, -0.25) is 9.78 Å². The van der Waals surface area contributed by atoms with Crippen LogP contribution in [-0.4, -0.2) is 16.9 Å². The van der Waals surface area contributed by atoms with E-state index in [1.54, 1.807) is 12.3 Å². The van der Waals surface area contributed by atoms with Crippen LogP contribution in [0.1, 0.15) is 19.5 Å². The molecule has 1 aromatic rings. The van der Waals surface area contributed by atoms with Gasteiger partial charge in [-0.1, -0.05) is 13.8 Å². The van der Waals surface area contributed by atoms with E-state index in [0.717, 1.165) is 11.4 Å². The smallest absolute Gasteiger partial charge is 0.241 e. The Hall–Kier alpha value is -0.840. The van der Waals surface area contributed by atoms with E-state index in [9.17, 15) is 4.79 Å². The number of nitrogens with one attached hydrogen (secondary N) is 1. The molecule has 0 fully saturated rings. The minimum absolute atomic E-state index is 0. The molecule has 17 heavy (non-hydrogen) atoms. The topological polar surface area (TPSA) is 68.0 Å². The first-order chi connectivity index (χ1) is 7.02. The van der Waals surface area contributed by atoms with E-state index in [0.29, 0.717) is 0 Å². The lowest BCUT2D eigenvalue weighted by Crippen LogP contribution is -2.39. The van der Waals surface area contributed by atoms with Crippen LogP contribution in [0.2, 0.25) is 0 Å². The lowest BCUT2D eigenvalue weighted by Gasteiger charge is -2.15. The average molecular weight is 280 g/mol. The van der Waals surface area contributed by atoms with Crippen LogP contribution in [0.5, 0.6) is 0 Å². The summed E-state index contributed by atoms with van der Waals surface area (Å²) in [6.07, 6.45) is 1.69. The van der Waals surface area contributed by atoms with Gasteiger partial charge in [0.1, 0.15) is 0 Å². The van der Waals surface area contributed by atoms with Crippen molar-refractivity contribution < 1.29 is 4.79 Å². The molecule has 0 aliphatic heterocycles. The van der Waals surface area contributed by atoms with Crippen LogP contribution >= 0.6 is 24.8 Å².